The second-order valence-corrected chi connectivity index (χ2v) is 5.10. The summed E-state index contributed by atoms with van der Waals surface area (Å²) in [6.45, 7) is 5.34. The number of ether oxygens (including phenoxy) is 1. The van der Waals surface area contributed by atoms with Crippen LogP contribution in [0.5, 0.6) is 0 Å². The highest BCUT2D eigenvalue weighted by molar-refractivity contribution is 5.68. The van der Waals surface area contributed by atoms with Gasteiger partial charge in [0.15, 0.2) is 0 Å². The van der Waals surface area contributed by atoms with Gasteiger partial charge in [-0.1, -0.05) is 0 Å². The summed E-state index contributed by atoms with van der Waals surface area (Å²) in [4.78, 5) is 21.6. The summed E-state index contributed by atoms with van der Waals surface area (Å²) in [7, 11) is 0. The minimum absolute atomic E-state index is 0.134. The summed E-state index contributed by atoms with van der Waals surface area (Å²) in [6.07, 6.45) is 1.06. The minimum atomic E-state index is -0.537. The van der Waals surface area contributed by atoms with Crippen LogP contribution in [0.2, 0.25) is 0 Å². The molecular formula is C10H18N2O4. The quantitative estimate of drug-likeness (QED) is 0.578. The van der Waals surface area contributed by atoms with E-state index in [-0.39, 0.29) is 11.0 Å². The number of nitro groups is 1. The van der Waals surface area contributed by atoms with Crippen LogP contribution >= 0.6 is 0 Å². The van der Waals surface area contributed by atoms with E-state index in [4.69, 9.17) is 4.74 Å². The largest absolute Gasteiger partial charge is 0.444 e. The van der Waals surface area contributed by atoms with Gasteiger partial charge in [-0.15, -0.1) is 0 Å². The van der Waals surface area contributed by atoms with Crippen molar-refractivity contribution in [3.05, 3.63) is 10.1 Å². The molecule has 92 valence electrons. The van der Waals surface area contributed by atoms with Crippen LogP contribution in [0.25, 0.3) is 0 Å². The fourth-order valence-corrected chi connectivity index (χ4v) is 1.75. The molecule has 0 radical (unpaired) electrons. The zero-order valence-electron chi connectivity index (χ0n) is 9.86. The average Bonchev–Trinajstić information content (AvgIpc) is 2.48. The van der Waals surface area contributed by atoms with Gasteiger partial charge in [-0.05, 0) is 27.2 Å². The van der Waals surface area contributed by atoms with Crippen molar-refractivity contribution in [2.24, 2.45) is 0 Å². The first kappa shape index (κ1) is 12.7. The number of carbonyl (C=O) groups is 1. The number of hydrogen-bond donors (Lipinski definition) is 1. The summed E-state index contributed by atoms with van der Waals surface area (Å²) < 4.78 is 5.08. The molecule has 1 amide bonds. The smallest absolute Gasteiger partial charge is 0.407 e. The normalized spacial score (nSPS) is 25.2. The topological polar surface area (TPSA) is 81.5 Å². The number of hydrogen-bond acceptors (Lipinski definition) is 4. The van der Waals surface area contributed by atoms with Gasteiger partial charge in [-0.25, -0.2) is 4.79 Å². The monoisotopic (exact) mass is 230 g/mol. The lowest BCUT2D eigenvalue weighted by molar-refractivity contribution is -0.520. The molecule has 0 aromatic carbocycles. The fraction of sp³-hybridized carbons (Fsp3) is 0.900. The van der Waals surface area contributed by atoms with Gasteiger partial charge in [-0.2, -0.15) is 0 Å². The van der Waals surface area contributed by atoms with Crippen molar-refractivity contribution in [2.45, 2.75) is 57.7 Å². The summed E-state index contributed by atoms with van der Waals surface area (Å²) in [5.41, 5.74) is -0.537. The molecule has 0 aliphatic heterocycles. The summed E-state index contributed by atoms with van der Waals surface area (Å²) >= 11 is 0. The van der Waals surface area contributed by atoms with Crippen LogP contribution in [-0.4, -0.2) is 28.7 Å². The highest BCUT2D eigenvalue weighted by Crippen LogP contribution is 2.21. The first-order valence-electron chi connectivity index (χ1n) is 5.41. The molecule has 0 spiro atoms. The standard InChI is InChI=1S/C10H18N2O4/c1-10(2,3)16-9(13)11-7-4-5-8(6-7)12(14)15/h7-8H,4-6H2,1-3H3,(H,11,13). The van der Waals surface area contributed by atoms with Crippen molar-refractivity contribution in [1.29, 1.82) is 0 Å². The van der Waals surface area contributed by atoms with E-state index in [1.165, 1.54) is 0 Å². The van der Waals surface area contributed by atoms with E-state index in [1.807, 2.05) is 0 Å². The highest BCUT2D eigenvalue weighted by atomic mass is 16.6. The first-order valence-corrected chi connectivity index (χ1v) is 5.41. The molecule has 1 N–H and O–H groups in total. The van der Waals surface area contributed by atoms with Crippen molar-refractivity contribution < 1.29 is 14.5 Å². The number of amides is 1. The van der Waals surface area contributed by atoms with Crippen molar-refractivity contribution in [3.63, 3.8) is 0 Å². The van der Waals surface area contributed by atoms with Crippen molar-refractivity contribution in [2.75, 3.05) is 0 Å². The molecule has 1 aliphatic rings. The van der Waals surface area contributed by atoms with Gasteiger partial charge in [0.25, 0.3) is 0 Å². The van der Waals surface area contributed by atoms with Crippen LogP contribution in [0.15, 0.2) is 0 Å². The minimum Gasteiger partial charge on any atom is -0.444 e. The van der Waals surface area contributed by atoms with E-state index in [0.29, 0.717) is 19.3 Å². The Bertz CT molecular complexity index is 285. The Balaban J connectivity index is 2.34. The van der Waals surface area contributed by atoms with E-state index < -0.39 is 17.7 Å². The third-order valence-corrected chi connectivity index (χ3v) is 2.42. The van der Waals surface area contributed by atoms with Crippen LogP contribution in [0.1, 0.15) is 40.0 Å². The van der Waals surface area contributed by atoms with Crippen molar-refractivity contribution >= 4 is 6.09 Å². The third-order valence-electron chi connectivity index (χ3n) is 2.42. The van der Waals surface area contributed by atoms with E-state index in [9.17, 15) is 14.9 Å². The fourth-order valence-electron chi connectivity index (χ4n) is 1.75. The summed E-state index contributed by atoms with van der Waals surface area (Å²) in [5.74, 6) is 0. The van der Waals surface area contributed by atoms with Crippen molar-refractivity contribution in [3.8, 4) is 0 Å². The summed E-state index contributed by atoms with van der Waals surface area (Å²) in [5, 5.41) is 13.2. The molecule has 1 rings (SSSR count). The molecule has 0 aromatic rings. The van der Waals surface area contributed by atoms with E-state index >= 15 is 0 Å². The zero-order chi connectivity index (χ0) is 12.3. The molecule has 1 aliphatic carbocycles. The maximum atomic E-state index is 11.4. The zero-order valence-corrected chi connectivity index (χ0v) is 9.86. The molecule has 1 fully saturated rings. The number of carbonyl (C=O) groups excluding carboxylic acids is 1. The Hall–Kier alpha value is -1.33. The predicted molar refractivity (Wildman–Crippen MR) is 57.8 cm³/mol. The Morgan fingerprint density at radius 3 is 2.50 bits per heavy atom. The molecule has 1 saturated carbocycles. The van der Waals surface area contributed by atoms with Gasteiger partial charge < -0.3 is 10.1 Å². The van der Waals surface area contributed by atoms with E-state index in [0.717, 1.165) is 0 Å². The molecular weight excluding hydrogens is 212 g/mol. The van der Waals surface area contributed by atoms with Crippen LogP contribution in [0, 0.1) is 10.1 Å². The molecule has 0 aromatic heterocycles. The molecule has 6 nitrogen and oxygen atoms in total. The Labute approximate surface area is 94.5 Å². The molecule has 0 saturated heterocycles. The second kappa shape index (κ2) is 4.67. The number of rotatable bonds is 2. The van der Waals surface area contributed by atoms with Crippen LogP contribution in [-0.2, 0) is 4.74 Å². The Kier molecular flexibility index (Phi) is 3.72. The Morgan fingerprint density at radius 1 is 1.44 bits per heavy atom. The van der Waals surface area contributed by atoms with E-state index in [2.05, 4.69) is 5.32 Å². The molecule has 16 heavy (non-hydrogen) atoms. The van der Waals surface area contributed by atoms with Gasteiger partial charge in [-0.3, -0.25) is 10.1 Å². The lowest BCUT2D eigenvalue weighted by Crippen LogP contribution is -2.38. The predicted octanol–water partition coefficient (Wildman–Crippen LogP) is 1.71. The van der Waals surface area contributed by atoms with Crippen LogP contribution < -0.4 is 5.32 Å². The highest BCUT2D eigenvalue weighted by Gasteiger charge is 2.34. The maximum absolute atomic E-state index is 11.4. The van der Waals surface area contributed by atoms with Gasteiger partial charge >= 0.3 is 6.09 Å². The second-order valence-electron chi connectivity index (χ2n) is 5.10. The molecule has 2 unspecified atom stereocenters. The molecule has 6 heteroatoms. The van der Waals surface area contributed by atoms with Gasteiger partial charge in [0.2, 0.25) is 6.04 Å². The lowest BCUT2D eigenvalue weighted by Gasteiger charge is -2.21. The maximum Gasteiger partial charge on any atom is 0.407 e. The number of nitrogens with one attached hydrogen (secondary N) is 1. The molecule has 0 bridgehead atoms. The molecule has 0 heterocycles. The lowest BCUT2D eigenvalue weighted by atomic mass is 10.2. The van der Waals surface area contributed by atoms with E-state index in [1.54, 1.807) is 20.8 Å². The van der Waals surface area contributed by atoms with Crippen molar-refractivity contribution in [1.82, 2.24) is 5.32 Å². The van der Waals surface area contributed by atoms with Crippen LogP contribution in [0.4, 0.5) is 4.79 Å². The number of alkyl carbamates (subject to hydrolysis) is 1. The Morgan fingerprint density at radius 2 is 2.06 bits per heavy atom. The third kappa shape index (κ3) is 4.04. The number of nitrogens with zero attached hydrogens (tertiary/aromatic N) is 1. The SMILES string of the molecule is CC(C)(C)OC(=O)NC1CCC([N+](=O)[O-])C1. The van der Waals surface area contributed by atoms with Gasteiger partial charge in [0.1, 0.15) is 5.60 Å². The van der Waals surface area contributed by atoms with Crippen LogP contribution in [0.3, 0.4) is 0 Å². The average molecular weight is 230 g/mol. The van der Waals surface area contributed by atoms with Gasteiger partial charge in [0.05, 0.1) is 0 Å². The van der Waals surface area contributed by atoms with Gasteiger partial charge in [0, 0.05) is 23.8 Å². The first-order chi connectivity index (χ1) is 7.28. The molecule has 2 atom stereocenters. The summed E-state index contributed by atoms with van der Waals surface area (Å²) in [6, 6.07) is -0.662.